The number of likely N-dealkylation sites (tertiary alicyclic amines) is 1. The van der Waals surface area contributed by atoms with Crippen molar-refractivity contribution in [2.75, 3.05) is 25.4 Å². The van der Waals surface area contributed by atoms with E-state index in [0.29, 0.717) is 0 Å². The van der Waals surface area contributed by atoms with Gasteiger partial charge in [0.05, 0.1) is 5.56 Å². The number of carbonyl (C=O) groups excluding carboxylic acids is 1. The van der Waals surface area contributed by atoms with Gasteiger partial charge in [0.1, 0.15) is 0 Å². The minimum atomic E-state index is -1.07. The lowest BCUT2D eigenvalue weighted by molar-refractivity contribution is 0.0932. The highest BCUT2D eigenvalue weighted by atomic mass is 19.2. The Morgan fingerprint density at radius 1 is 1.35 bits per heavy atom. The molecule has 1 aromatic rings. The summed E-state index contributed by atoms with van der Waals surface area (Å²) >= 11 is 0. The monoisotopic (exact) mass is 283 g/mol. The number of nitrogen functional groups attached to an aromatic ring is 1. The van der Waals surface area contributed by atoms with Gasteiger partial charge in [-0.3, -0.25) is 4.79 Å². The van der Waals surface area contributed by atoms with Crippen LogP contribution in [0.15, 0.2) is 12.1 Å². The number of hydrogen-bond donors (Lipinski definition) is 2. The van der Waals surface area contributed by atoms with Crippen molar-refractivity contribution in [3.63, 3.8) is 0 Å². The number of nitrogens with two attached hydrogens (primary N) is 1. The fourth-order valence-corrected chi connectivity index (χ4v) is 2.46. The quantitative estimate of drug-likeness (QED) is 0.828. The number of nitrogens with one attached hydrogen (secondary N) is 1. The van der Waals surface area contributed by atoms with E-state index >= 15 is 0 Å². The van der Waals surface area contributed by atoms with E-state index in [2.05, 4.69) is 10.2 Å². The number of anilines is 1. The molecule has 1 fully saturated rings. The van der Waals surface area contributed by atoms with Gasteiger partial charge in [-0.1, -0.05) is 0 Å². The van der Waals surface area contributed by atoms with Crippen LogP contribution in [0.3, 0.4) is 0 Å². The molecular formula is C14H19F2N3O. The fourth-order valence-electron chi connectivity index (χ4n) is 2.46. The molecule has 0 spiro atoms. The van der Waals surface area contributed by atoms with Crippen LogP contribution >= 0.6 is 0 Å². The van der Waals surface area contributed by atoms with E-state index in [1.807, 2.05) is 6.92 Å². The van der Waals surface area contributed by atoms with Crippen LogP contribution in [0.1, 0.15) is 30.1 Å². The smallest absolute Gasteiger partial charge is 0.253 e. The van der Waals surface area contributed by atoms with Gasteiger partial charge in [-0.05, 0) is 38.9 Å². The van der Waals surface area contributed by atoms with Gasteiger partial charge in [0, 0.05) is 24.3 Å². The maximum absolute atomic E-state index is 13.2. The lowest BCUT2D eigenvalue weighted by Gasteiger charge is -2.21. The van der Waals surface area contributed by atoms with Gasteiger partial charge < -0.3 is 16.0 Å². The van der Waals surface area contributed by atoms with Crippen LogP contribution in [0.4, 0.5) is 14.5 Å². The first-order chi connectivity index (χ1) is 9.47. The molecule has 3 N–H and O–H groups in total. The van der Waals surface area contributed by atoms with Crippen molar-refractivity contribution >= 4 is 11.6 Å². The maximum Gasteiger partial charge on any atom is 0.253 e. The molecular weight excluding hydrogens is 264 g/mol. The standard InChI is InChI=1S/C14H19F2N3O/c1-9(8-19-4-2-3-5-19)18-14(20)10-6-11(15)12(16)7-13(10)17/h6-7,9H,2-5,8,17H2,1H3,(H,18,20). The third-order valence-corrected chi connectivity index (χ3v) is 3.45. The molecule has 0 saturated carbocycles. The Morgan fingerprint density at radius 2 is 1.95 bits per heavy atom. The number of amides is 1. The minimum absolute atomic E-state index is 0.0304. The lowest BCUT2D eigenvalue weighted by Crippen LogP contribution is -2.41. The third-order valence-electron chi connectivity index (χ3n) is 3.45. The van der Waals surface area contributed by atoms with Crippen LogP contribution in [0.25, 0.3) is 0 Å². The summed E-state index contributed by atoms with van der Waals surface area (Å²) in [6, 6.07) is 1.59. The van der Waals surface area contributed by atoms with E-state index in [0.717, 1.165) is 31.8 Å². The summed E-state index contributed by atoms with van der Waals surface area (Å²) in [6.07, 6.45) is 2.35. The molecule has 0 aromatic heterocycles. The molecule has 1 aliphatic heterocycles. The second-order valence-corrected chi connectivity index (χ2v) is 5.24. The summed E-state index contributed by atoms with van der Waals surface area (Å²) in [5.74, 6) is -2.60. The summed E-state index contributed by atoms with van der Waals surface area (Å²) in [6.45, 7) is 4.70. The number of hydrogen-bond acceptors (Lipinski definition) is 3. The largest absolute Gasteiger partial charge is 0.398 e. The summed E-state index contributed by atoms with van der Waals surface area (Å²) in [5.41, 5.74) is 5.46. The van der Waals surface area contributed by atoms with Crippen LogP contribution in [-0.4, -0.2) is 36.5 Å². The van der Waals surface area contributed by atoms with Crippen molar-refractivity contribution in [1.82, 2.24) is 10.2 Å². The Hall–Kier alpha value is -1.69. The van der Waals surface area contributed by atoms with Crippen molar-refractivity contribution in [2.24, 2.45) is 0 Å². The normalized spacial score (nSPS) is 17.1. The van der Waals surface area contributed by atoms with Gasteiger partial charge in [0.25, 0.3) is 5.91 Å². The van der Waals surface area contributed by atoms with Gasteiger partial charge in [-0.25, -0.2) is 8.78 Å². The zero-order chi connectivity index (χ0) is 14.7. The summed E-state index contributed by atoms with van der Waals surface area (Å²) < 4.78 is 26.1. The molecule has 1 aliphatic rings. The molecule has 1 aromatic carbocycles. The summed E-state index contributed by atoms with van der Waals surface area (Å²) in [4.78, 5) is 14.3. The van der Waals surface area contributed by atoms with E-state index in [1.54, 1.807) is 0 Å². The molecule has 1 atom stereocenters. The SMILES string of the molecule is CC(CN1CCCC1)NC(=O)c1cc(F)c(F)cc1N. The molecule has 20 heavy (non-hydrogen) atoms. The summed E-state index contributed by atoms with van der Waals surface area (Å²) in [7, 11) is 0. The second-order valence-electron chi connectivity index (χ2n) is 5.24. The third kappa shape index (κ3) is 3.45. The Kier molecular flexibility index (Phi) is 4.54. The van der Waals surface area contributed by atoms with Crippen LogP contribution in [0.5, 0.6) is 0 Å². The number of rotatable bonds is 4. The van der Waals surface area contributed by atoms with Crippen molar-refractivity contribution in [1.29, 1.82) is 0 Å². The van der Waals surface area contributed by atoms with E-state index in [9.17, 15) is 13.6 Å². The van der Waals surface area contributed by atoms with Gasteiger partial charge in [-0.15, -0.1) is 0 Å². The van der Waals surface area contributed by atoms with Crippen LogP contribution in [-0.2, 0) is 0 Å². The number of carbonyl (C=O) groups is 1. The topological polar surface area (TPSA) is 58.4 Å². The van der Waals surface area contributed by atoms with E-state index in [1.165, 1.54) is 12.8 Å². The first-order valence-corrected chi connectivity index (χ1v) is 6.75. The molecule has 4 nitrogen and oxygen atoms in total. The lowest BCUT2D eigenvalue weighted by atomic mass is 10.1. The molecule has 1 amide bonds. The highest BCUT2D eigenvalue weighted by Crippen LogP contribution is 2.17. The van der Waals surface area contributed by atoms with Crippen molar-refractivity contribution in [2.45, 2.75) is 25.8 Å². The molecule has 0 aliphatic carbocycles. The molecule has 1 unspecified atom stereocenters. The van der Waals surface area contributed by atoms with Gasteiger partial charge >= 0.3 is 0 Å². The predicted octanol–water partition coefficient (Wildman–Crippen LogP) is 1.76. The van der Waals surface area contributed by atoms with Crippen molar-refractivity contribution in [3.05, 3.63) is 29.3 Å². The number of nitrogens with zero attached hydrogens (tertiary/aromatic N) is 1. The highest BCUT2D eigenvalue weighted by molar-refractivity contribution is 5.99. The molecule has 6 heteroatoms. The summed E-state index contributed by atoms with van der Waals surface area (Å²) in [5, 5.41) is 2.76. The number of benzene rings is 1. The Morgan fingerprint density at radius 3 is 2.60 bits per heavy atom. The Bertz CT molecular complexity index is 501. The van der Waals surface area contributed by atoms with Gasteiger partial charge in [0.2, 0.25) is 0 Å². The van der Waals surface area contributed by atoms with E-state index < -0.39 is 17.5 Å². The van der Waals surface area contributed by atoms with Gasteiger partial charge in [-0.2, -0.15) is 0 Å². The molecule has 1 saturated heterocycles. The fraction of sp³-hybridized carbons (Fsp3) is 0.500. The number of halogens is 2. The first kappa shape index (κ1) is 14.7. The van der Waals surface area contributed by atoms with Crippen molar-refractivity contribution < 1.29 is 13.6 Å². The molecule has 2 rings (SSSR count). The maximum atomic E-state index is 13.2. The van der Waals surface area contributed by atoms with Crippen LogP contribution in [0.2, 0.25) is 0 Å². The average molecular weight is 283 g/mol. The Balaban J connectivity index is 1.98. The van der Waals surface area contributed by atoms with Crippen LogP contribution in [0, 0.1) is 11.6 Å². The zero-order valence-corrected chi connectivity index (χ0v) is 11.5. The van der Waals surface area contributed by atoms with Gasteiger partial charge in [0.15, 0.2) is 11.6 Å². The predicted molar refractivity (Wildman–Crippen MR) is 73.4 cm³/mol. The molecule has 1 heterocycles. The Labute approximate surface area is 116 Å². The first-order valence-electron chi connectivity index (χ1n) is 6.75. The van der Waals surface area contributed by atoms with E-state index in [4.69, 9.17) is 5.73 Å². The highest BCUT2D eigenvalue weighted by Gasteiger charge is 2.19. The minimum Gasteiger partial charge on any atom is -0.398 e. The molecule has 110 valence electrons. The molecule has 0 bridgehead atoms. The second kappa shape index (κ2) is 6.17. The molecule has 0 radical (unpaired) electrons. The van der Waals surface area contributed by atoms with Crippen molar-refractivity contribution in [3.8, 4) is 0 Å². The average Bonchev–Trinajstić information content (AvgIpc) is 2.86. The zero-order valence-electron chi connectivity index (χ0n) is 11.5. The van der Waals surface area contributed by atoms with Crippen LogP contribution < -0.4 is 11.1 Å². The van der Waals surface area contributed by atoms with E-state index in [-0.39, 0.29) is 17.3 Å².